The first-order valence-electron chi connectivity index (χ1n) is 8.30. The summed E-state index contributed by atoms with van der Waals surface area (Å²) in [5.74, 6) is 1.18. The van der Waals surface area contributed by atoms with Crippen molar-refractivity contribution >= 4 is 0 Å². The molecule has 0 spiro atoms. The predicted molar refractivity (Wildman–Crippen MR) is 80.7 cm³/mol. The Morgan fingerprint density at radius 3 is 2.70 bits per heavy atom. The third-order valence-electron chi connectivity index (χ3n) is 4.93. The molecule has 2 fully saturated rings. The molecule has 112 valence electrons. The van der Waals surface area contributed by atoms with Crippen molar-refractivity contribution in [2.45, 2.75) is 77.3 Å². The Morgan fingerprint density at radius 1 is 1.30 bits per heavy atom. The van der Waals surface area contributed by atoms with E-state index in [1.807, 2.05) is 0 Å². The summed E-state index contributed by atoms with van der Waals surface area (Å²) >= 11 is 0. The second-order valence-electron chi connectivity index (χ2n) is 7.11. The zero-order valence-electron chi connectivity index (χ0n) is 12.9. The van der Waals surface area contributed by atoms with Crippen molar-refractivity contribution in [1.82, 2.24) is 20.1 Å². The second-order valence-corrected chi connectivity index (χ2v) is 7.11. The van der Waals surface area contributed by atoms with E-state index in [2.05, 4.69) is 33.9 Å². The fraction of sp³-hybridized carbons (Fsp3) is 0.875. The molecule has 1 heterocycles. The molecule has 0 amide bonds. The van der Waals surface area contributed by atoms with Crippen LogP contribution in [0.4, 0.5) is 0 Å². The van der Waals surface area contributed by atoms with Crippen LogP contribution in [0.15, 0.2) is 6.33 Å². The highest BCUT2D eigenvalue weighted by Crippen LogP contribution is 2.39. The van der Waals surface area contributed by atoms with Crippen LogP contribution in [0.25, 0.3) is 0 Å². The van der Waals surface area contributed by atoms with Crippen LogP contribution >= 0.6 is 0 Å². The summed E-state index contributed by atoms with van der Waals surface area (Å²) in [5.41, 5.74) is 0.417. The number of nitrogens with one attached hydrogen (secondary N) is 1. The van der Waals surface area contributed by atoms with E-state index >= 15 is 0 Å². The van der Waals surface area contributed by atoms with E-state index in [0.29, 0.717) is 11.5 Å². The maximum absolute atomic E-state index is 4.54. The van der Waals surface area contributed by atoms with Gasteiger partial charge < -0.3 is 5.32 Å². The van der Waals surface area contributed by atoms with Crippen molar-refractivity contribution in [3.8, 4) is 0 Å². The van der Waals surface area contributed by atoms with E-state index in [-0.39, 0.29) is 0 Å². The van der Waals surface area contributed by atoms with Crippen LogP contribution in [0, 0.1) is 5.41 Å². The van der Waals surface area contributed by atoms with Gasteiger partial charge in [-0.05, 0) is 44.9 Å². The molecule has 0 bridgehead atoms. The molecule has 4 nitrogen and oxygen atoms in total. The molecule has 0 unspecified atom stereocenters. The Balaban J connectivity index is 1.72. The number of aromatic nitrogens is 3. The first-order valence-corrected chi connectivity index (χ1v) is 8.30. The zero-order valence-corrected chi connectivity index (χ0v) is 12.9. The molecule has 1 N–H and O–H groups in total. The molecule has 2 aliphatic rings. The van der Waals surface area contributed by atoms with E-state index in [4.69, 9.17) is 0 Å². The number of nitrogens with zero attached hydrogens (tertiary/aromatic N) is 3. The highest BCUT2D eigenvalue weighted by atomic mass is 15.3. The van der Waals surface area contributed by atoms with Crippen LogP contribution in [0.3, 0.4) is 0 Å². The minimum absolute atomic E-state index is 0.407. The lowest BCUT2D eigenvalue weighted by molar-refractivity contribution is 0.173. The van der Waals surface area contributed by atoms with Crippen molar-refractivity contribution < 1.29 is 0 Å². The number of hydrogen-bond acceptors (Lipinski definition) is 3. The molecule has 4 heteroatoms. The largest absolute Gasteiger partial charge is 0.313 e. The average molecular weight is 276 g/mol. The normalized spacial score (nSPS) is 22.4. The summed E-state index contributed by atoms with van der Waals surface area (Å²) in [4.78, 5) is 4.54. The molecule has 20 heavy (non-hydrogen) atoms. The van der Waals surface area contributed by atoms with Crippen LogP contribution in [0.5, 0.6) is 0 Å². The Labute approximate surface area is 122 Å². The SMILES string of the molecule is CC(C)n1ncnc1CC1(CNC2CC2)CCCCC1. The molecule has 3 rings (SSSR count). The molecule has 0 aromatic carbocycles. The first-order chi connectivity index (χ1) is 9.69. The Hall–Kier alpha value is -0.900. The van der Waals surface area contributed by atoms with E-state index in [1.54, 1.807) is 6.33 Å². The first kappa shape index (κ1) is 14.1. The fourth-order valence-electron chi connectivity index (χ4n) is 3.53. The van der Waals surface area contributed by atoms with Crippen LogP contribution in [0.1, 0.15) is 70.7 Å². The molecule has 0 radical (unpaired) electrons. The van der Waals surface area contributed by atoms with Crippen molar-refractivity contribution in [2.24, 2.45) is 5.41 Å². The van der Waals surface area contributed by atoms with Crippen LogP contribution < -0.4 is 5.32 Å². The minimum Gasteiger partial charge on any atom is -0.313 e. The van der Waals surface area contributed by atoms with Crippen LogP contribution in [0.2, 0.25) is 0 Å². The monoisotopic (exact) mass is 276 g/mol. The predicted octanol–water partition coefficient (Wildman–Crippen LogP) is 3.10. The van der Waals surface area contributed by atoms with Crippen LogP contribution in [-0.2, 0) is 6.42 Å². The van der Waals surface area contributed by atoms with E-state index in [9.17, 15) is 0 Å². The summed E-state index contributed by atoms with van der Waals surface area (Å²) in [6, 6.07) is 1.21. The molecule has 1 aromatic rings. The Bertz CT molecular complexity index is 427. The lowest BCUT2D eigenvalue weighted by Crippen LogP contribution is -2.39. The van der Waals surface area contributed by atoms with E-state index in [1.165, 1.54) is 57.3 Å². The number of rotatable bonds is 6. The lowest BCUT2D eigenvalue weighted by atomic mass is 9.71. The molecule has 2 aliphatic carbocycles. The van der Waals surface area contributed by atoms with Crippen LogP contribution in [-0.4, -0.2) is 27.4 Å². The van der Waals surface area contributed by atoms with Gasteiger partial charge in [0.1, 0.15) is 12.2 Å². The van der Waals surface area contributed by atoms with Gasteiger partial charge in [-0.1, -0.05) is 19.3 Å². The molecule has 2 saturated carbocycles. The maximum atomic E-state index is 4.54. The van der Waals surface area contributed by atoms with Gasteiger partial charge in [0, 0.05) is 25.0 Å². The highest BCUT2D eigenvalue weighted by molar-refractivity contribution is 4.98. The van der Waals surface area contributed by atoms with Crippen molar-refractivity contribution in [2.75, 3.05) is 6.54 Å². The molecule has 0 atom stereocenters. The van der Waals surface area contributed by atoms with Crippen molar-refractivity contribution in [3.63, 3.8) is 0 Å². The minimum atomic E-state index is 0.407. The van der Waals surface area contributed by atoms with Gasteiger partial charge in [0.2, 0.25) is 0 Å². The Morgan fingerprint density at radius 2 is 2.05 bits per heavy atom. The third-order valence-corrected chi connectivity index (χ3v) is 4.93. The van der Waals surface area contributed by atoms with Gasteiger partial charge in [-0.25, -0.2) is 9.67 Å². The van der Waals surface area contributed by atoms with E-state index < -0.39 is 0 Å². The third kappa shape index (κ3) is 3.22. The number of hydrogen-bond donors (Lipinski definition) is 1. The molecular formula is C16H28N4. The van der Waals surface area contributed by atoms with Gasteiger partial charge in [-0.15, -0.1) is 0 Å². The topological polar surface area (TPSA) is 42.7 Å². The quantitative estimate of drug-likeness (QED) is 0.868. The molecular weight excluding hydrogens is 248 g/mol. The average Bonchev–Trinajstić information content (AvgIpc) is 3.16. The van der Waals surface area contributed by atoms with Gasteiger partial charge in [-0.3, -0.25) is 0 Å². The standard InChI is InChI=1S/C16H28N4/c1-13(2)20-15(18-12-19-20)10-16(8-4-3-5-9-16)11-17-14-6-7-14/h12-14,17H,3-11H2,1-2H3. The van der Waals surface area contributed by atoms with Crippen molar-refractivity contribution in [3.05, 3.63) is 12.2 Å². The summed E-state index contributed by atoms with van der Waals surface area (Å²) in [5, 5.41) is 8.18. The zero-order chi connectivity index (χ0) is 14.0. The van der Waals surface area contributed by atoms with E-state index in [0.717, 1.165) is 12.5 Å². The highest BCUT2D eigenvalue weighted by Gasteiger charge is 2.35. The summed E-state index contributed by atoms with van der Waals surface area (Å²) < 4.78 is 2.10. The molecule has 0 aliphatic heterocycles. The van der Waals surface area contributed by atoms with Gasteiger partial charge in [0.15, 0.2) is 0 Å². The second kappa shape index (κ2) is 5.84. The molecule has 1 aromatic heterocycles. The van der Waals surface area contributed by atoms with Crippen molar-refractivity contribution in [1.29, 1.82) is 0 Å². The van der Waals surface area contributed by atoms with Gasteiger partial charge in [0.25, 0.3) is 0 Å². The van der Waals surface area contributed by atoms with Gasteiger partial charge in [0.05, 0.1) is 0 Å². The summed E-state index contributed by atoms with van der Waals surface area (Å²) in [7, 11) is 0. The lowest BCUT2D eigenvalue weighted by Gasteiger charge is -2.37. The molecule has 0 saturated heterocycles. The van der Waals surface area contributed by atoms with Gasteiger partial charge in [-0.2, -0.15) is 5.10 Å². The summed E-state index contributed by atoms with van der Waals surface area (Å²) in [6.45, 7) is 5.55. The van der Waals surface area contributed by atoms with Gasteiger partial charge >= 0.3 is 0 Å². The Kier molecular flexibility index (Phi) is 4.11. The fourth-order valence-corrected chi connectivity index (χ4v) is 3.53. The smallest absolute Gasteiger partial charge is 0.138 e. The maximum Gasteiger partial charge on any atom is 0.138 e. The summed E-state index contributed by atoms with van der Waals surface area (Å²) in [6.07, 6.45) is 12.4.